The second-order valence-electron chi connectivity index (χ2n) is 5.57. The van der Waals surface area contributed by atoms with Gasteiger partial charge in [0.2, 0.25) is 0 Å². The van der Waals surface area contributed by atoms with Crippen LogP contribution in [0.4, 0.5) is 0 Å². The minimum atomic E-state index is 0.160. The number of benzene rings is 1. The zero-order valence-corrected chi connectivity index (χ0v) is 10.4. The fraction of sp³-hybridized carbons (Fsp3) is 0.571. The molecule has 0 saturated heterocycles. The lowest BCUT2D eigenvalue weighted by Crippen LogP contribution is -2.35. The van der Waals surface area contributed by atoms with Crippen molar-refractivity contribution in [1.29, 1.82) is 0 Å². The molecule has 1 saturated carbocycles. The molecule has 2 heteroatoms. The summed E-state index contributed by atoms with van der Waals surface area (Å²) < 4.78 is 5.77. The van der Waals surface area contributed by atoms with Crippen LogP contribution in [0.2, 0.25) is 0 Å². The van der Waals surface area contributed by atoms with E-state index in [9.17, 15) is 0 Å². The smallest absolute Gasteiger partial charge is 0.120 e. The Morgan fingerprint density at radius 2 is 2.06 bits per heavy atom. The Bertz CT molecular complexity index is 350. The number of ether oxygens (including phenoxy) is 1. The molecule has 0 atom stereocenters. The molecule has 16 heavy (non-hydrogen) atoms. The van der Waals surface area contributed by atoms with Gasteiger partial charge in [-0.05, 0) is 51.3 Å². The second-order valence-corrected chi connectivity index (χ2v) is 5.57. The van der Waals surface area contributed by atoms with Gasteiger partial charge >= 0.3 is 0 Å². The van der Waals surface area contributed by atoms with E-state index in [4.69, 9.17) is 4.74 Å². The molecule has 0 unspecified atom stereocenters. The van der Waals surface area contributed by atoms with Crippen molar-refractivity contribution < 1.29 is 4.74 Å². The zero-order valence-electron chi connectivity index (χ0n) is 10.4. The lowest BCUT2D eigenvalue weighted by molar-refractivity contribution is 0.302. The lowest BCUT2D eigenvalue weighted by Gasteiger charge is -2.20. The van der Waals surface area contributed by atoms with Gasteiger partial charge in [0.25, 0.3) is 0 Å². The van der Waals surface area contributed by atoms with Crippen molar-refractivity contribution in [1.82, 2.24) is 5.32 Å². The van der Waals surface area contributed by atoms with E-state index in [0.29, 0.717) is 6.10 Å². The van der Waals surface area contributed by atoms with E-state index < -0.39 is 0 Å². The van der Waals surface area contributed by atoms with Crippen LogP contribution in [0.3, 0.4) is 0 Å². The molecule has 0 spiro atoms. The van der Waals surface area contributed by atoms with E-state index in [-0.39, 0.29) is 5.54 Å². The largest absolute Gasteiger partial charge is 0.490 e. The summed E-state index contributed by atoms with van der Waals surface area (Å²) in [5.41, 5.74) is 1.45. The van der Waals surface area contributed by atoms with Gasteiger partial charge in [-0.1, -0.05) is 12.1 Å². The van der Waals surface area contributed by atoms with Crippen LogP contribution in [-0.4, -0.2) is 11.6 Å². The average molecular weight is 219 g/mol. The van der Waals surface area contributed by atoms with Crippen molar-refractivity contribution in [3.05, 3.63) is 29.8 Å². The summed E-state index contributed by atoms with van der Waals surface area (Å²) in [6.45, 7) is 7.43. The van der Waals surface area contributed by atoms with E-state index in [1.54, 1.807) is 0 Å². The highest BCUT2D eigenvalue weighted by Crippen LogP contribution is 2.27. The third-order valence-corrected chi connectivity index (χ3v) is 2.55. The predicted molar refractivity (Wildman–Crippen MR) is 66.7 cm³/mol. The molecule has 88 valence electrons. The Balaban J connectivity index is 1.92. The third-order valence-electron chi connectivity index (χ3n) is 2.55. The fourth-order valence-corrected chi connectivity index (χ4v) is 1.47. The van der Waals surface area contributed by atoms with Gasteiger partial charge in [-0.3, -0.25) is 0 Å². The van der Waals surface area contributed by atoms with Crippen LogP contribution >= 0.6 is 0 Å². The van der Waals surface area contributed by atoms with Gasteiger partial charge in [-0.15, -0.1) is 0 Å². The topological polar surface area (TPSA) is 21.3 Å². The van der Waals surface area contributed by atoms with E-state index in [2.05, 4.69) is 44.3 Å². The maximum atomic E-state index is 5.77. The summed E-state index contributed by atoms with van der Waals surface area (Å²) in [6.07, 6.45) is 2.90. The molecule has 0 aliphatic heterocycles. The van der Waals surface area contributed by atoms with Gasteiger partial charge in [0.05, 0.1) is 6.10 Å². The molecule has 2 nitrogen and oxygen atoms in total. The summed E-state index contributed by atoms with van der Waals surface area (Å²) in [7, 11) is 0. The molecule has 1 aromatic rings. The molecule has 0 aromatic heterocycles. The van der Waals surface area contributed by atoms with Gasteiger partial charge in [-0.25, -0.2) is 0 Å². The second kappa shape index (κ2) is 4.46. The maximum absolute atomic E-state index is 5.77. The van der Waals surface area contributed by atoms with Gasteiger partial charge in [0, 0.05) is 12.1 Å². The summed E-state index contributed by atoms with van der Waals surface area (Å²) in [4.78, 5) is 0. The predicted octanol–water partition coefficient (Wildman–Crippen LogP) is 3.12. The molecular weight excluding hydrogens is 198 g/mol. The molecule has 2 rings (SSSR count). The van der Waals surface area contributed by atoms with Crippen LogP contribution < -0.4 is 10.1 Å². The van der Waals surface area contributed by atoms with Crippen molar-refractivity contribution >= 4 is 0 Å². The SMILES string of the molecule is CC(C)(C)NCc1cccc(OC2CC2)c1. The van der Waals surface area contributed by atoms with Crippen molar-refractivity contribution in [3.8, 4) is 5.75 Å². The summed E-state index contributed by atoms with van der Waals surface area (Å²) in [5, 5.41) is 3.48. The maximum Gasteiger partial charge on any atom is 0.120 e. The highest BCUT2D eigenvalue weighted by atomic mass is 16.5. The number of nitrogens with one attached hydrogen (secondary N) is 1. The van der Waals surface area contributed by atoms with Crippen molar-refractivity contribution in [2.75, 3.05) is 0 Å². The molecule has 1 aromatic carbocycles. The van der Waals surface area contributed by atoms with Crippen molar-refractivity contribution in [2.45, 2.75) is 51.8 Å². The van der Waals surface area contributed by atoms with E-state index in [1.165, 1.54) is 18.4 Å². The Morgan fingerprint density at radius 3 is 2.69 bits per heavy atom. The Morgan fingerprint density at radius 1 is 1.31 bits per heavy atom. The lowest BCUT2D eigenvalue weighted by atomic mass is 10.1. The van der Waals surface area contributed by atoms with Gasteiger partial charge in [0.1, 0.15) is 5.75 Å². The van der Waals surface area contributed by atoms with E-state index in [1.807, 2.05) is 6.07 Å². The monoisotopic (exact) mass is 219 g/mol. The van der Waals surface area contributed by atoms with Gasteiger partial charge < -0.3 is 10.1 Å². The van der Waals surface area contributed by atoms with Gasteiger partial charge in [0.15, 0.2) is 0 Å². The standard InChI is InChI=1S/C14H21NO/c1-14(2,3)15-10-11-5-4-6-13(9-11)16-12-7-8-12/h4-6,9,12,15H,7-8,10H2,1-3H3. The molecule has 1 aliphatic carbocycles. The third kappa shape index (κ3) is 3.86. The Kier molecular flexibility index (Phi) is 3.20. The molecule has 1 N–H and O–H groups in total. The number of hydrogen-bond acceptors (Lipinski definition) is 2. The normalized spacial score (nSPS) is 16.2. The molecule has 0 radical (unpaired) electrons. The Labute approximate surface area is 98.0 Å². The van der Waals surface area contributed by atoms with Crippen LogP contribution in [0.5, 0.6) is 5.75 Å². The minimum absolute atomic E-state index is 0.160. The Hall–Kier alpha value is -1.02. The first-order valence-corrected chi connectivity index (χ1v) is 6.03. The van der Waals surface area contributed by atoms with Crippen molar-refractivity contribution in [2.24, 2.45) is 0 Å². The highest BCUT2D eigenvalue weighted by Gasteiger charge is 2.23. The molecular formula is C14H21NO. The number of rotatable bonds is 4. The van der Waals surface area contributed by atoms with Gasteiger partial charge in [-0.2, -0.15) is 0 Å². The molecule has 1 aliphatic rings. The van der Waals surface area contributed by atoms with E-state index in [0.717, 1.165) is 12.3 Å². The van der Waals surface area contributed by atoms with Crippen LogP contribution in [0.1, 0.15) is 39.2 Å². The van der Waals surface area contributed by atoms with Crippen LogP contribution in [-0.2, 0) is 6.54 Å². The first-order chi connectivity index (χ1) is 7.53. The fourth-order valence-electron chi connectivity index (χ4n) is 1.47. The minimum Gasteiger partial charge on any atom is -0.490 e. The molecule has 1 fully saturated rings. The number of hydrogen-bond donors (Lipinski definition) is 1. The van der Waals surface area contributed by atoms with Crippen LogP contribution in [0.15, 0.2) is 24.3 Å². The average Bonchev–Trinajstić information content (AvgIpc) is 2.98. The highest BCUT2D eigenvalue weighted by molar-refractivity contribution is 5.29. The summed E-state index contributed by atoms with van der Waals surface area (Å²) in [6, 6.07) is 8.38. The quantitative estimate of drug-likeness (QED) is 0.840. The first kappa shape index (κ1) is 11.5. The first-order valence-electron chi connectivity index (χ1n) is 6.03. The van der Waals surface area contributed by atoms with Crippen LogP contribution in [0.25, 0.3) is 0 Å². The van der Waals surface area contributed by atoms with Crippen molar-refractivity contribution in [3.63, 3.8) is 0 Å². The van der Waals surface area contributed by atoms with E-state index >= 15 is 0 Å². The summed E-state index contributed by atoms with van der Waals surface area (Å²) in [5.74, 6) is 1.01. The molecule has 0 heterocycles. The molecule has 0 amide bonds. The summed E-state index contributed by atoms with van der Waals surface area (Å²) >= 11 is 0. The van der Waals surface area contributed by atoms with Crippen LogP contribution in [0, 0.1) is 0 Å². The molecule has 0 bridgehead atoms. The zero-order chi connectivity index (χ0) is 11.6.